The van der Waals surface area contributed by atoms with Crippen molar-refractivity contribution >= 4 is 32.5 Å². The van der Waals surface area contributed by atoms with Crippen LogP contribution in [0.3, 0.4) is 0 Å². The molecule has 0 spiro atoms. The van der Waals surface area contributed by atoms with E-state index in [1.807, 2.05) is 0 Å². The molecular weight excluding hydrogens is 362 g/mol. The van der Waals surface area contributed by atoms with Gasteiger partial charge < -0.3 is 4.90 Å². The molecule has 1 aromatic heterocycles. The molecule has 4 heteroatoms. The van der Waals surface area contributed by atoms with Gasteiger partial charge in [-0.15, -0.1) is 0 Å². The van der Waals surface area contributed by atoms with Crippen LogP contribution in [0.1, 0.15) is 5.69 Å². The van der Waals surface area contributed by atoms with E-state index >= 15 is 0 Å². The van der Waals surface area contributed by atoms with Crippen molar-refractivity contribution in [2.45, 2.75) is 6.54 Å². The van der Waals surface area contributed by atoms with E-state index in [1.54, 1.807) is 0 Å². The van der Waals surface area contributed by atoms with Gasteiger partial charge in [-0.1, -0.05) is 46.3 Å². The molecule has 1 aliphatic rings. The second-order valence-electron chi connectivity index (χ2n) is 6.24. The maximum Gasteiger partial charge on any atom is 0.0705 e. The van der Waals surface area contributed by atoms with Crippen molar-refractivity contribution in [1.29, 1.82) is 0 Å². The van der Waals surface area contributed by atoms with Gasteiger partial charge in [0.25, 0.3) is 0 Å². The Morgan fingerprint density at radius 1 is 0.875 bits per heavy atom. The monoisotopic (exact) mass is 381 g/mol. The number of para-hydroxylation sites is 1. The molecule has 4 rings (SSSR count). The molecular formula is C20H20BrN3. The highest BCUT2D eigenvalue weighted by atomic mass is 79.9. The Morgan fingerprint density at radius 2 is 1.71 bits per heavy atom. The Bertz CT molecular complexity index is 841. The highest BCUT2D eigenvalue weighted by Gasteiger charge is 2.17. The lowest BCUT2D eigenvalue weighted by atomic mass is 10.2. The number of fused-ring (bicyclic) bond motifs is 1. The summed E-state index contributed by atoms with van der Waals surface area (Å²) in [5.74, 6) is 0. The van der Waals surface area contributed by atoms with Gasteiger partial charge in [-0.05, 0) is 30.3 Å². The molecule has 0 bridgehead atoms. The number of benzene rings is 2. The van der Waals surface area contributed by atoms with Gasteiger partial charge in [-0.25, -0.2) is 0 Å². The quantitative estimate of drug-likeness (QED) is 0.673. The van der Waals surface area contributed by atoms with Crippen LogP contribution in [0.4, 0.5) is 5.69 Å². The van der Waals surface area contributed by atoms with E-state index in [2.05, 4.69) is 86.4 Å². The van der Waals surface area contributed by atoms with Crippen molar-refractivity contribution in [3.8, 4) is 0 Å². The first-order valence-corrected chi connectivity index (χ1v) is 9.15. The van der Waals surface area contributed by atoms with Gasteiger partial charge in [-0.3, -0.25) is 9.88 Å². The summed E-state index contributed by atoms with van der Waals surface area (Å²) in [4.78, 5) is 9.74. The maximum atomic E-state index is 4.80. The van der Waals surface area contributed by atoms with Crippen LogP contribution in [0, 0.1) is 0 Å². The molecule has 3 nitrogen and oxygen atoms in total. The van der Waals surface area contributed by atoms with Crippen molar-refractivity contribution in [2.24, 2.45) is 0 Å². The second kappa shape index (κ2) is 6.91. The number of hydrogen-bond acceptors (Lipinski definition) is 3. The molecule has 0 atom stereocenters. The molecule has 3 aromatic rings. The number of hydrogen-bond donors (Lipinski definition) is 0. The minimum Gasteiger partial charge on any atom is -0.369 e. The minimum absolute atomic E-state index is 0.928. The smallest absolute Gasteiger partial charge is 0.0705 e. The molecule has 0 saturated carbocycles. The van der Waals surface area contributed by atoms with Gasteiger partial charge in [0, 0.05) is 48.3 Å². The van der Waals surface area contributed by atoms with Gasteiger partial charge in [-0.2, -0.15) is 0 Å². The van der Waals surface area contributed by atoms with Crippen molar-refractivity contribution in [1.82, 2.24) is 9.88 Å². The molecule has 1 fully saturated rings. The maximum absolute atomic E-state index is 4.80. The lowest BCUT2D eigenvalue weighted by Gasteiger charge is -2.36. The fraction of sp³-hybridized carbons (Fsp3) is 0.250. The third-order valence-electron chi connectivity index (χ3n) is 4.59. The number of rotatable bonds is 3. The Morgan fingerprint density at radius 3 is 2.54 bits per heavy atom. The predicted octanol–water partition coefficient (Wildman–Crippen LogP) is 4.32. The molecule has 1 saturated heterocycles. The molecule has 0 aliphatic carbocycles. The first-order valence-electron chi connectivity index (χ1n) is 8.35. The molecule has 1 aliphatic heterocycles. The van der Waals surface area contributed by atoms with Crippen LogP contribution in [0.15, 0.2) is 65.1 Å². The molecule has 122 valence electrons. The number of piperazine rings is 1. The van der Waals surface area contributed by atoms with Crippen LogP contribution in [-0.2, 0) is 6.54 Å². The standard InChI is InChI=1S/C20H20BrN3/c21-17-5-3-6-19(14-17)24-12-10-23(11-13-24)15-18-9-8-16-4-1-2-7-20(16)22-18/h1-9,14H,10-13,15H2. The molecule has 2 heterocycles. The normalized spacial score (nSPS) is 15.8. The number of anilines is 1. The number of pyridine rings is 1. The van der Waals surface area contributed by atoms with Gasteiger partial charge >= 0.3 is 0 Å². The zero-order valence-corrected chi connectivity index (χ0v) is 15.1. The lowest BCUT2D eigenvalue weighted by molar-refractivity contribution is 0.247. The summed E-state index contributed by atoms with van der Waals surface area (Å²) in [6.07, 6.45) is 0. The van der Waals surface area contributed by atoms with E-state index in [9.17, 15) is 0 Å². The summed E-state index contributed by atoms with van der Waals surface area (Å²) in [6.45, 7) is 5.19. The fourth-order valence-corrected chi connectivity index (χ4v) is 3.65. The van der Waals surface area contributed by atoms with Crippen molar-refractivity contribution in [2.75, 3.05) is 31.1 Å². The van der Waals surface area contributed by atoms with E-state index in [0.29, 0.717) is 0 Å². The van der Waals surface area contributed by atoms with Crippen LogP contribution in [0.5, 0.6) is 0 Å². The zero-order valence-electron chi connectivity index (χ0n) is 13.5. The first-order chi connectivity index (χ1) is 11.8. The van der Waals surface area contributed by atoms with E-state index in [-0.39, 0.29) is 0 Å². The summed E-state index contributed by atoms with van der Waals surface area (Å²) < 4.78 is 1.14. The molecule has 0 N–H and O–H groups in total. The van der Waals surface area contributed by atoms with Crippen LogP contribution in [0.25, 0.3) is 10.9 Å². The van der Waals surface area contributed by atoms with Gasteiger partial charge in [0.15, 0.2) is 0 Å². The Balaban J connectivity index is 1.40. The Kier molecular flexibility index (Phi) is 4.50. The Labute approximate surface area is 151 Å². The van der Waals surface area contributed by atoms with E-state index < -0.39 is 0 Å². The number of nitrogens with zero attached hydrogens (tertiary/aromatic N) is 3. The van der Waals surface area contributed by atoms with Gasteiger partial charge in [0.05, 0.1) is 11.2 Å². The average Bonchev–Trinajstić information content (AvgIpc) is 2.62. The SMILES string of the molecule is Brc1cccc(N2CCN(Cc3ccc4ccccc4n3)CC2)c1. The summed E-state index contributed by atoms with van der Waals surface area (Å²) in [6, 6.07) is 21.2. The number of halogens is 1. The van der Waals surface area contributed by atoms with Crippen molar-refractivity contribution < 1.29 is 0 Å². The largest absolute Gasteiger partial charge is 0.369 e. The van der Waals surface area contributed by atoms with Crippen LogP contribution in [0.2, 0.25) is 0 Å². The third kappa shape index (κ3) is 3.45. The van der Waals surface area contributed by atoms with Crippen LogP contribution >= 0.6 is 15.9 Å². The van der Waals surface area contributed by atoms with E-state index in [0.717, 1.165) is 48.4 Å². The van der Waals surface area contributed by atoms with Crippen LogP contribution < -0.4 is 4.90 Å². The highest BCUT2D eigenvalue weighted by Crippen LogP contribution is 2.21. The van der Waals surface area contributed by atoms with Gasteiger partial charge in [0.2, 0.25) is 0 Å². The highest BCUT2D eigenvalue weighted by molar-refractivity contribution is 9.10. The molecule has 0 radical (unpaired) electrons. The first kappa shape index (κ1) is 15.6. The minimum atomic E-state index is 0.928. The van der Waals surface area contributed by atoms with Crippen LogP contribution in [-0.4, -0.2) is 36.1 Å². The molecule has 2 aromatic carbocycles. The lowest BCUT2D eigenvalue weighted by Crippen LogP contribution is -2.46. The summed E-state index contributed by atoms with van der Waals surface area (Å²) in [7, 11) is 0. The zero-order chi connectivity index (χ0) is 16.4. The second-order valence-corrected chi connectivity index (χ2v) is 7.15. The predicted molar refractivity (Wildman–Crippen MR) is 103 cm³/mol. The Hall–Kier alpha value is -1.91. The molecule has 0 amide bonds. The molecule has 0 unspecified atom stereocenters. The third-order valence-corrected chi connectivity index (χ3v) is 5.08. The summed E-state index contributed by atoms with van der Waals surface area (Å²) >= 11 is 3.56. The number of aromatic nitrogens is 1. The van der Waals surface area contributed by atoms with E-state index in [1.165, 1.54) is 11.1 Å². The molecule has 24 heavy (non-hydrogen) atoms. The van der Waals surface area contributed by atoms with Gasteiger partial charge in [0.1, 0.15) is 0 Å². The van der Waals surface area contributed by atoms with E-state index in [4.69, 9.17) is 4.98 Å². The average molecular weight is 382 g/mol. The van der Waals surface area contributed by atoms with Crippen molar-refractivity contribution in [3.05, 3.63) is 70.8 Å². The summed E-state index contributed by atoms with van der Waals surface area (Å²) in [5.41, 5.74) is 3.54. The summed E-state index contributed by atoms with van der Waals surface area (Å²) in [5, 5.41) is 1.21. The topological polar surface area (TPSA) is 19.4 Å². The fourth-order valence-electron chi connectivity index (χ4n) is 3.26. The van der Waals surface area contributed by atoms with Crippen molar-refractivity contribution in [3.63, 3.8) is 0 Å².